The van der Waals surface area contributed by atoms with Crippen LogP contribution in [0.3, 0.4) is 0 Å². The molecule has 0 aliphatic rings. The van der Waals surface area contributed by atoms with E-state index in [0.29, 0.717) is 0 Å². The highest BCUT2D eigenvalue weighted by molar-refractivity contribution is 7.10. The Hall–Kier alpha value is -1.27. The summed E-state index contributed by atoms with van der Waals surface area (Å²) in [5.41, 5.74) is 0. The molecule has 0 saturated heterocycles. The summed E-state index contributed by atoms with van der Waals surface area (Å²) in [6, 6.07) is 3.66. The van der Waals surface area contributed by atoms with Gasteiger partial charge in [-0.25, -0.2) is 8.78 Å². The van der Waals surface area contributed by atoms with Gasteiger partial charge >= 0.3 is 0 Å². The summed E-state index contributed by atoms with van der Waals surface area (Å²) in [5, 5.41) is 12.8. The van der Waals surface area contributed by atoms with Gasteiger partial charge in [0.15, 0.2) is 0 Å². The van der Waals surface area contributed by atoms with Crippen LogP contribution in [0.15, 0.2) is 23.6 Å². The van der Waals surface area contributed by atoms with E-state index in [1.807, 2.05) is 17.5 Å². The van der Waals surface area contributed by atoms with Crippen molar-refractivity contribution in [3.63, 3.8) is 0 Å². The van der Waals surface area contributed by atoms with E-state index in [1.54, 1.807) is 6.08 Å². The van der Waals surface area contributed by atoms with Crippen LogP contribution in [0.2, 0.25) is 0 Å². The summed E-state index contributed by atoms with van der Waals surface area (Å²) in [6.07, 6.45) is -1.85. The standard InChI is InChI=1S/C10H11F2NO2S/c11-10(12)8(14)6-13-9(15)4-3-7-2-1-5-16-7/h1-5,8,10,14H,6H2,(H,13,15)/b4-3+. The fourth-order valence-electron chi connectivity index (χ4n) is 0.897. The Morgan fingerprint density at radius 1 is 1.62 bits per heavy atom. The van der Waals surface area contributed by atoms with Gasteiger partial charge in [-0.3, -0.25) is 4.79 Å². The van der Waals surface area contributed by atoms with Gasteiger partial charge < -0.3 is 10.4 Å². The van der Waals surface area contributed by atoms with Gasteiger partial charge in [0.25, 0.3) is 6.43 Å². The zero-order valence-electron chi connectivity index (χ0n) is 8.27. The first-order chi connectivity index (χ1) is 7.59. The van der Waals surface area contributed by atoms with Gasteiger partial charge in [-0.15, -0.1) is 11.3 Å². The third-order valence-corrected chi connectivity index (χ3v) is 2.56. The second-order valence-electron chi connectivity index (χ2n) is 3.00. The van der Waals surface area contributed by atoms with E-state index in [1.165, 1.54) is 17.4 Å². The Bertz CT molecular complexity index is 352. The summed E-state index contributed by atoms with van der Waals surface area (Å²) in [5.74, 6) is -0.506. The third kappa shape index (κ3) is 4.50. The lowest BCUT2D eigenvalue weighted by atomic mass is 10.3. The molecule has 1 aromatic rings. The third-order valence-electron chi connectivity index (χ3n) is 1.72. The van der Waals surface area contributed by atoms with Gasteiger partial charge in [-0.1, -0.05) is 6.07 Å². The van der Waals surface area contributed by atoms with E-state index >= 15 is 0 Å². The number of rotatable bonds is 5. The minimum absolute atomic E-state index is 0.453. The number of hydrogen-bond donors (Lipinski definition) is 2. The number of aliphatic hydroxyl groups is 1. The fourth-order valence-corrected chi connectivity index (χ4v) is 1.52. The van der Waals surface area contributed by atoms with E-state index in [4.69, 9.17) is 5.11 Å². The lowest BCUT2D eigenvalue weighted by molar-refractivity contribution is -0.117. The lowest BCUT2D eigenvalue weighted by Gasteiger charge is -2.08. The monoisotopic (exact) mass is 247 g/mol. The number of halogens is 2. The summed E-state index contributed by atoms with van der Waals surface area (Å²) < 4.78 is 23.7. The topological polar surface area (TPSA) is 49.3 Å². The smallest absolute Gasteiger partial charge is 0.265 e. The van der Waals surface area contributed by atoms with Crippen molar-refractivity contribution >= 4 is 23.3 Å². The van der Waals surface area contributed by atoms with Crippen LogP contribution in [0, 0.1) is 0 Å². The molecule has 0 fully saturated rings. The van der Waals surface area contributed by atoms with Crippen LogP contribution in [0.25, 0.3) is 6.08 Å². The zero-order chi connectivity index (χ0) is 12.0. The quantitative estimate of drug-likeness (QED) is 0.775. The van der Waals surface area contributed by atoms with E-state index < -0.39 is 25.0 Å². The lowest BCUT2D eigenvalue weighted by Crippen LogP contribution is -2.34. The van der Waals surface area contributed by atoms with Crippen LogP contribution in [0.5, 0.6) is 0 Å². The molecule has 0 bridgehead atoms. The molecule has 6 heteroatoms. The molecule has 2 N–H and O–H groups in total. The number of aliphatic hydroxyl groups excluding tert-OH is 1. The van der Waals surface area contributed by atoms with Crippen molar-refractivity contribution < 1.29 is 18.7 Å². The van der Waals surface area contributed by atoms with Crippen molar-refractivity contribution in [2.45, 2.75) is 12.5 Å². The van der Waals surface area contributed by atoms with Crippen LogP contribution in [0.1, 0.15) is 4.88 Å². The summed E-state index contributed by atoms with van der Waals surface area (Å²) >= 11 is 1.46. The molecule has 1 aromatic heterocycles. The average Bonchev–Trinajstić information content (AvgIpc) is 2.75. The van der Waals surface area contributed by atoms with Crippen LogP contribution in [-0.2, 0) is 4.79 Å². The number of carbonyl (C=O) groups excluding carboxylic acids is 1. The Labute approximate surface area is 95.4 Å². The highest BCUT2D eigenvalue weighted by Crippen LogP contribution is 2.09. The minimum atomic E-state index is -2.85. The van der Waals surface area contributed by atoms with Crippen LogP contribution >= 0.6 is 11.3 Å². The number of alkyl halides is 2. The molecule has 1 rings (SSSR count). The molecular formula is C10H11F2NO2S. The first kappa shape index (κ1) is 12.8. The van der Waals surface area contributed by atoms with E-state index in [9.17, 15) is 13.6 Å². The predicted molar refractivity (Wildman–Crippen MR) is 58.4 cm³/mol. The van der Waals surface area contributed by atoms with Crippen LogP contribution in [-0.4, -0.2) is 30.1 Å². The molecule has 1 heterocycles. The van der Waals surface area contributed by atoms with Gasteiger partial charge in [0.2, 0.25) is 5.91 Å². The fraction of sp³-hybridized carbons (Fsp3) is 0.300. The van der Waals surface area contributed by atoms with Crippen molar-refractivity contribution in [3.8, 4) is 0 Å². The first-order valence-electron chi connectivity index (χ1n) is 4.55. The van der Waals surface area contributed by atoms with E-state index in [-0.39, 0.29) is 0 Å². The van der Waals surface area contributed by atoms with Gasteiger partial charge in [-0.2, -0.15) is 0 Å². The molecule has 0 aliphatic heterocycles. The largest absolute Gasteiger partial charge is 0.385 e. The van der Waals surface area contributed by atoms with Crippen LogP contribution in [0.4, 0.5) is 8.78 Å². The van der Waals surface area contributed by atoms with Crippen molar-refractivity contribution in [2.75, 3.05) is 6.54 Å². The minimum Gasteiger partial charge on any atom is -0.385 e. The summed E-state index contributed by atoms with van der Waals surface area (Å²) in [7, 11) is 0. The predicted octanol–water partition coefficient (Wildman–Crippen LogP) is 1.50. The van der Waals surface area contributed by atoms with Gasteiger partial charge in [0, 0.05) is 17.5 Å². The van der Waals surface area contributed by atoms with Crippen molar-refractivity contribution in [2.24, 2.45) is 0 Å². The molecule has 0 spiro atoms. The van der Waals surface area contributed by atoms with Gasteiger partial charge in [-0.05, 0) is 17.5 Å². The molecule has 1 unspecified atom stereocenters. The Balaban J connectivity index is 2.31. The SMILES string of the molecule is O=C(/C=C/c1cccs1)NCC(O)C(F)F. The molecule has 0 aliphatic carbocycles. The number of carbonyl (C=O) groups is 1. The normalized spacial score (nSPS) is 13.2. The molecule has 16 heavy (non-hydrogen) atoms. The second kappa shape index (κ2) is 6.34. The highest BCUT2D eigenvalue weighted by Gasteiger charge is 2.16. The molecule has 88 valence electrons. The summed E-state index contributed by atoms with van der Waals surface area (Å²) in [4.78, 5) is 12.0. The molecule has 0 aromatic carbocycles. The van der Waals surface area contributed by atoms with E-state index in [0.717, 1.165) is 4.88 Å². The summed E-state index contributed by atoms with van der Waals surface area (Å²) in [6.45, 7) is -0.453. The maximum atomic E-state index is 11.9. The number of amides is 1. The molecular weight excluding hydrogens is 236 g/mol. The maximum absolute atomic E-state index is 11.9. The van der Waals surface area contributed by atoms with Crippen molar-refractivity contribution in [3.05, 3.63) is 28.5 Å². The number of hydrogen-bond acceptors (Lipinski definition) is 3. The zero-order valence-corrected chi connectivity index (χ0v) is 9.08. The van der Waals surface area contributed by atoms with Gasteiger partial charge in [0.05, 0.1) is 0 Å². The van der Waals surface area contributed by atoms with Crippen molar-refractivity contribution in [1.29, 1.82) is 0 Å². The molecule has 0 saturated carbocycles. The highest BCUT2D eigenvalue weighted by atomic mass is 32.1. The first-order valence-corrected chi connectivity index (χ1v) is 5.43. The molecule has 0 radical (unpaired) electrons. The van der Waals surface area contributed by atoms with Gasteiger partial charge in [0.1, 0.15) is 6.10 Å². The Morgan fingerprint density at radius 3 is 2.94 bits per heavy atom. The second-order valence-corrected chi connectivity index (χ2v) is 3.97. The molecule has 1 amide bonds. The molecule has 3 nitrogen and oxygen atoms in total. The Morgan fingerprint density at radius 2 is 2.38 bits per heavy atom. The van der Waals surface area contributed by atoms with Crippen LogP contribution < -0.4 is 5.32 Å². The number of nitrogens with one attached hydrogen (secondary N) is 1. The maximum Gasteiger partial charge on any atom is 0.265 e. The van der Waals surface area contributed by atoms with E-state index in [2.05, 4.69) is 5.32 Å². The number of thiophene rings is 1. The Kier molecular flexibility index (Phi) is 5.07. The van der Waals surface area contributed by atoms with Crippen molar-refractivity contribution in [1.82, 2.24) is 5.32 Å². The molecule has 1 atom stereocenters. The average molecular weight is 247 g/mol.